The van der Waals surface area contributed by atoms with E-state index in [1.807, 2.05) is 17.5 Å². The second-order valence-electron chi connectivity index (χ2n) is 6.15. The Morgan fingerprint density at radius 1 is 1.00 bits per heavy atom. The number of fused-ring (bicyclic) bond motifs is 1. The summed E-state index contributed by atoms with van der Waals surface area (Å²) in [7, 11) is -2.24. The minimum absolute atomic E-state index is 0.0997. The van der Waals surface area contributed by atoms with Crippen LogP contribution in [0, 0.1) is 0 Å². The maximum Gasteiger partial charge on any atom is 0.264 e. The van der Waals surface area contributed by atoms with Gasteiger partial charge in [-0.2, -0.15) is 0 Å². The summed E-state index contributed by atoms with van der Waals surface area (Å²) in [6, 6.07) is 16.4. The molecule has 2 heterocycles. The lowest BCUT2D eigenvalue weighted by molar-refractivity contribution is 0.102. The summed E-state index contributed by atoms with van der Waals surface area (Å²) in [6.07, 6.45) is 1.39. The van der Waals surface area contributed by atoms with Crippen molar-refractivity contribution in [2.24, 2.45) is 0 Å². The van der Waals surface area contributed by atoms with Gasteiger partial charge < -0.3 is 5.32 Å². The van der Waals surface area contributed by atoms with Gasteiger partial charge >= 0.3 is 0 Å². The van der Waals surface area contributed by atoms with Crippen molar-refractivity contribution in [2.45, 2.75) is 4.90 Å². The predicted octanol–water partition coefficient (Wildman–Crippen LogP) is 3.77. The Morgan fingerprint density at radius 3 is 2.45 bits per heavy atom. The second kappa shape index (κ2) is 7.61. The summed E-state index contributed by atoms with van der Waals surface area (Å²) < 4.78 is 26.9. The Morgan fingerprint density at radius 2 is 1.72 bits per heavy atom. The summed E-state index contributed by atoms with van der Waals surface area (Å²) in [5, 5.41) is 5.38. The van der Waals surface area contributed by atoms with E-state index in [9.17, 15) is 13.2 Å². The zero-order valence-corrected chi connectivity index (χ0v) is 16.9. The number of nitrogens with zero attached hydrogens (tertiary/aromatic N) is 3. The molecule has 0 radical (unpaired) electrons. The van der Waals surface area contributed by atoms with Crippen molar-refractivity contribution in [1.29, 1.82) is 0 Å². The van der Waals surface area contributed by atoms with E-state index in [0.29, 0.717) is 17.1 Å². The van der Waals surface area contributed by atoms with Crippen molar-refractivity contribution < 1.29 is 13.2 Å². The molecule has 0 aliphatic heterocycles. The van der Waals surface area contributed by atoms with E-state index in [1.54, 1.807) is 24.3 Å². The van der Waals surface area contributed by atoms with Crippen molar-refractivity contribution in [3.8, 4) is 0 Å². The van der Waals surface area contributed by atoms with Crippen LogP contribution in [0.2, 0.25) is 0 Å². The van der Waals surface area contributed by atoms with E-state index in [2.05, 4.69) is 15.3 Å². The predicted molar refractivity (Wildman–Crippen MR) is 114 cm³/mol. The number of aromatic nitrogens is 2. The number of benzene rings is 2. The van der Waals surface area contributed by atoms with Crippen LogP contribution in [-0.4, -0.2) is 31.3 Å². The van der Waals surface area contributed by atoms with Crippen molar-refractivity contribution in [2.75, 3.05) is 16.7 Å². The second-order valence-corrected chi connectivity index (χ2v) is 9.01. The number of nitrogens with one attached hydrogen (secondary N) is 1. The van der Waals surface area contributed by atoms with Gasteiger partial charge in [0.2, 0.25) is 0 Å². The van der Waals surface area contributed by atoms with Crippen molar-refractivity contribution in [1.82, 2.24) is 9.97 Å². The number of anilines is 2. The van der Waals surface area contributed by atoms with E-state index < -0.39 is 10.0 Å². The fraction of sp³-hybridized carbons (Fsp3) is 0.0500. The van der Waals surface area contributed by atoms with Gasteiger partial charge in [-0.3, -0.25) is 9.10 Å². The van der Waals surface area contributed by atoms with E-state index in [0.717, 1.165) is 10.2 Å². The average molecular weight is 425 g/mol. The molecule has 9 heteroatoms. The highest BCUT2D eigenvalue weighted by molar-refractivity contribution is 7.92. The van der Waals surface area contributed by atoms with Gasteiger partial charge in [0.25, 0.3) is 15.9 Å². The number of carbonyl (C=O) groups is 1. The number of para-hydroxylation sites is 1. The summed E-state index contributed by atoms with van der Waals surface area (Å²) >= 11 is 1.46. The number of hydrogen-bond donors (Lipinski definition) is 1. The standard InChI is InChI=1S/C20H16N4O3S2/c1-24(15-5-3-2-4-6-15)29(26,27)16-9-7-14(8-10-16)19(25)23-18-17-11-12-28-20(17)22-13-21-18/h2-13H,1H3,(H,21,22,23,25). The molecule has 0 spiro atoms. The average Bonchev–Trinajstić information content (AvgIpc) is 3.24. The Balaban J connectivity index is 1.56. The van der Waals surface area contributed by atoms with Crippen molar-refractivity contribution >= 4 is 49.0 Å². The minimum Gasteiger partial charge on any atom is -0.306 e. The largest absolute Gasteiger partial charge is 0.306 e. The summed E-state index contributed by atoms with van der Waals surface area (Å²) in [5.41, 5.74) is 0.881. The maximum absolute atomic E-state index is 12.8. The highest BCUT2D eigenvalue weighted by Gasteiger charge is 2.21. The van der Waals surface area contributed by atoms with Gasteiger partial charge in [0.15, 0.2) is 0 Å². The van der Waals surface area contributed by atoms with Crippen LogP contribution >= 0.6 is 11.3 Å². The molecule has 2 aromatic carbocycles. The monoisotopic (exact) mass is 424 g/mol. The Labute approximate surface area is 171 Å². The molecule has 146 valence electrons. The first-order valence-electron chi connectivity index (χ1n) is 8.60. The molecule has 1 N–H and O–H groups in total. The van der Waals surface area contributed by atoms with Crippen LogP contribution in [0.4, 0.5) is 11.5 Å². The molecule has 4 aromatic rings. The van der Waals surface area contributed by atoms with Gasteiger partial charge in [0, 0.05) is 12.6 Å². The first kappa shape index (κ1) is 19.0. The molecule has 0 saturated heterocycles. The summed E-state index contributed by atoms with van der Waals surface area (Å²) in [6.45, 7) is 0. The molecule has 29 heavy (non-hydrogen) atoms. The molecular weight excluding hydrogens is 408 g/mol. The van der Waals surface area contributed by atoms with Crippen molar-refractivity contribution in [3.05, 3.63) is 77.9 Å². The van der Waals surface area contributed by atoms with E-state index in [1.165, 1.54) is 53.3 Å². The molecular formula is C20H16N4O3S2. The van der Waals surface area contributed by atoms with Crippen LogP contribution < -0.4 is 9.62 Å². The lowest BCUT2D eigenvalue weighted by atomic mass is 10.2. The lowest BCUT2D eigenvalue weighted by Gasteiger charge is -2.19. The number of hydrogen-bond acceptors (Lipinski definition) is 6. The van der Waals surface area contributed by atoms with E-state index in [-0.39, 0.29) is 10.8 Å². The molecule has 0 unspecified atom stereocenters. The number of sulfonamides is 1. The first-order chi connectivity index (χ1) is 14.0. The maximum atomic E-state index is 12.8. The van der Waals surface area contributed by atoms with Crippen LogP contribution in [0.5, 0.6) is 0 Å². The molecule has 4 rings (SSSR count). The van der Waals surface area contributed by atoms with Gasteiger partial charge in [-0.25, -0.2) is 18.4 Å². The smallest absolute Gasteiger partial charge is 0.264 e. The quantitative estimate of drug-likeness (QED) is 0.526. The normalized spacial score (nSPS) is 11.3. The molecule has 0 atom stereocenters. The zero-order chi connectivity index (χ0) is 20.4. The van der Waals surface area contributed by atoms with Crippen molar-refractivity contribution in [3.63, 3.8) is 0 Å². The molecule has 0 fully saturated rings. The van der Waals surface area contributed by atoms with Gasteiger partial charge in [0.1, 0.15) is 17.0 Å². The molecule has 0 bridgehead atoms. The number of thiophene rings is 1. The molecule has 2 aromatic heterocycles. The fourth-order valence-electron chi connectivity index (χ4n) is 2.78. The Kier molecular flexibility index (Phi) is 4.99. The Bertz CT molecular complexity index is 1270. The van der Waals surface area contributed by atoms with Gasteiger partial charge in [-0.1, -0.05) is 18.2 Å². The molecule has 0 aliphatic rings. The Hall–Kier alpha value is -3.30. The van der Waals surface area contributed by atoms with Gasteiger partial charge in [0.05, 0.1) is 16.0 Å². The van der Waals surface area contributed by atoms with Gasteiger partial charge in [-0.15, -0.1) is 11.3 Å². The third-order valence-electron chi connectivity index (χ3n) is 4.39. The highest BCUT2D eigenvalue weighted by Crippen LogP contribution is 2.25. The molecule has 0 saturated carbocycles. The topological polar surface area (TPSA) is 92.3 Å². The third-order valence-corrected chi connectivity index (χ3v) is 7.01. The van der Waals surface area contributed by atoms with Crippen LogP contribution in [0.3, 0.4) is 0 Å². The summed E-state index contributed by atoms with van der Waals surface area (Å²) in [4.78, 5) is 21.7. The lowest BCUT2D eigenvalue weighted by Crippen LogP contribution is -2.26. The van der Waals surface area contributed by atoms with Crippen LogP contribution in [0.1, 0.15) is 10.4 Å². The number of rotatable bonds is 5. The van der Waals surface area contributed by atoms with E-state index >= 15 is 0 Å². The number of amides is 1. The molecule has 1 amide bonds. The van der Waals surface area contributed by atoms with Crippen LogP contribution in [0.15, 0.2) is 77.3 Å². The van der Waals surface area contributed by atoms with Crippen LogP contribution in [0.25, 0.3) is 10.2 Å². The third kappa shape index (κ3) is 3.69. The molecule has 0 aliphatic carbocycles. The van der Waals surface area contributed by atoms with Gasteiger partial charge in [-0.05, 0) is 47.8 Å². The number of carbonyl (C=O) groups excluding carboxylic acids is 1. The molecule has 7 nitrogen and oxygen atoms in total. The fourth-order valence-corrected chi connectivity index (χ4v) is 4.71. The first-order valence-corrected chi connectivity index (χ1v) is 10.9. The minimum atomic E-state index is -3.73. The highest BCUT2D eigenvalue weighted by atomic mass is 32.2. The SMILES string of the molecule is CN(c1ccccc1)S(=O)(=O)c1ccc(C(=O)Nc2ncnc3sccc23)cc1. The van der Waals surface area contributed by atoms with E-state index in [4.69, 9.17) is 0 Å². The van der Waals surface area contributed by atoms with Crippen LogP contribution in [-0.2, 0) is 10.0 Å². The summed E-state index contributed by atoms with van der Waals surface area (Å²) in [5.74, 6) is 0.0401. The zero-order valence-electron chi connectivity index (χ0n) is 15.3.